The first kappa shape index (κ1) is 18.6. The molecule has 3 rings (SSSR count). The van der Waals surface area contributed by atoms with Crippen molar-refractivity contribution in [3.8, 4) is 22.4 Å². The van der Waals surface area contributed by atoms with Crippen LogP contribution in [0, 0.1) is 0 Å². The fourth-order valence-corrected chi connectivity index (χ4v) is 3.29. The molecule has 138 valence electrons. The predicted octanol–water partition coefficient (Wildman–Crippen LogP) is 5.15. The zero-order chi connectivity index (χ0) is 19.4. The maximum Gasteiger partial charge on any atom is 0.314 e. The minimum absolute atomic E-state index is 0.137. The summed E-state index contributed by atoms with van der Waals surface area (Å²) in [5, 5.41) is 0. The molecule has 1 unspecified atom stereocenters. The second-order valence-corrected chi connectivity index (χ2v) is 6.39. The van der Waals surface area contributed by atoms with Crippen LogP contribution in [0.4, 0.5) is 0 Å². The number of carbonyl (C=O) groups excluding carboxylic acids is 2. The van der Waals surface area contributed by atoms with Gasteiger partial charge in [0.1, 0.15) is 0 Å². The molecule has 0 aliphatic carbocycles. The molecule has 4 nitrogen and oxygen atoms in total. The van der Waals surface area contributed by atoms with Crippen LogP contribution in [0.15, 0.2) is 66.7 Å². The van der Waals surface area contributed by atoms with E-state index in [0.29, 0.717) is 12.3 Å². The first-order chi connectivity index (χ1) is 13.0. The van der Waals surface area contributed by atoms with E-state index < -0.39 is 5.92 Å². The molecule has 4 heteroatoms. The molecule has 1 aromatic heterocycles. The fraction of sp³-hybridized carbons (Fsp3) is 0.217. The second kappa shape index (κ2) is 8.04. The van der Waals surface area contributed by atoms with Gasteiger partial charge in [-0.05, 0) is 31.0 Å². The van der Waals surface area contributed by atoms with Crippen LogP contribution in [0.2, 0.25) is 0 Å². The van der Waals surface area contributed by atoms with Crippen LogP contribution in [0.5, 0.6) is 0 Å². The number of rotatable bonds is 5. The van der Waals surface area contributed by atoms with Gasteiger partial charge in [0.25, 0.3) is 0 Å². The van der Waals surface area contributed by atoms with E-state index in [1.165, 1.54) is 6.92 Å². The van der Waals surface area contributed by atoms with Gasteiger partial charge in [-0.2, -0.15) is 0 Å². The van der Waals surface area contributed by atoms with Crippen LogP contribution in [-0.4, -0.2) is 23.1 Å². The van der Waals surface area contributed by atoms with Gasteiger partial charge in [0, 0.05) is 18.2 Å². The van der Waals surface area contributed by atoms with Gasteiger partial charge < -0.3 is 4.74 Å². The molecule has 1 atom stereocenters. The Kier molecular flexibility index (Phi) is 5.55. The molecular weight excluding hydrogens is 338 g/mol. The lowest BCUT2D eigenvalue weighted by atomic mass is 10.0. The first-order valence-electron chi connectivity index (χ1n) is 9.08. The molecular formula is C23H23NO3. The maximum absolute atomic E-state index is 12.6. The number of carbonyl (C=O) groups is 2. The molecule has 0 amide bonds. The average molecular weight is 361 g/mol. The minimum atomic E-state index is -0.547. The van der Waals surface area contributed by atoms with E-state index in [1.54, 1.807) is 18.4 Å². The molecule has 0 radical (unpaired) electrons. The van der Waals surface area contributed by atoms with Crippen molar-refractivity contribution in [2.24, 2.45) is 0 Å². The largest absolute Gasteiger partial charge is 0.465 e. The zero-order valence-corrected chi connectivity index (χ0v) is 15.8. The van der Waals surface area contributed by atoms with Crippen LogP contribution in [-0.2, 0) is 9.53 Å². The summed E-state index contributed by atoms with van der Waals surface area (Å²) in [4.78, 5) is 25.0. The van der Waals surface area contributed by atoms with Gasteiger partial charge in [-0.15, -0.1) is 0 Å². The SMILES string of the molecule is CCOC(=O)C(C)c1cc(-c2ccccc2)c(-c2ccccc2)n1C(C)=O. The highest BCUT2D eigenvalue weighted by atomic mass is 16.5. The number of esters is 1. The normalized spacial score (nSPS) is 11.8. The monoisotopic (exact) mass is 361 g/mol. The number of ether oxygens (including phenoxy) is 1. The Morgan fingerprint density at radius 2 is 1.52 bits per heavy atom. The number of nitrogens with zero attached hydrogens (tertiary/aromatic N) is 1. The molecule has 0 spiro atoms. The van der Waals surface area contributed by atoms with E-state index in [9.17, 15) is 9.59 Å². The van der Waals surface area contributed by atoms with Gasteiger partial charge in [-0.1, -0.05) is 60.7 Å². The Morgan fingerprint density at radius 1 is 0.963 bits per heavy atom. The first-order valence-corrected chi connectivity index (χ1v) is 9.08. The lowest BCUT2D eigenvalue weighted by Gasteiger charge is -2.15. The highest BCUT2D eigenvalue weighted by molar-refractivity contribution is 5.93. The van der Waals surface area contributed by atoms with Crippen molar-refractivity contribution in [3.63, 3.8) is 0 Å². The van der Waals surface area contributed by atoms with Gasteiger partial charge in [-0.3, -0.25) is 14.2 Å². The molecule has 0 N–H and O–H groups in total. The Bertz CT molecular complexity index is 943. The summed E-state index contributed by atoms with van der Waals surface area (Å²) in [6.45, 7) is 5.37. The predicted molar refractivity (Wildman–Crippen MR) is 107 cm³/mol. The van der Waals surface area contributed by atoms with E-state index in [4.69, 9.17) is 4.74 Å². The molecule has 0 aliphatic heterocycles. The topological polar surface area (TPSA) is 48.3 Å². The Balaban J connectivity index is 2.29. The molecule has 0 bridgehead atoms. The molecule has 0 fully saturated rings. The van der Waals surface area contributed by atoms with Crippen molar-refractivity contribution in [1.29, 1.82) is 0 Å². The van der Waals surface area contributed by atoms with Gasteiger partial charge in [-0.25, -0.2) is 0 Å². The Hall–Kier alpha value is -3.14. The lowest BCUT2D eigenvalue weighted by Crippen LogP contribution is -2.19. The fourth-order valence-electron chi connectivity index (χ4n) is 3.29. The summed E-state index contributed by atoms with van der Waals surface area (Å²) in [6.07, 6.45) is 0. The third kappa shape index (κ3) is 3.70. The van der Waals surface area contributed by atoms with Crippen molar-refractivity contribution in [2.75, 3.05) is 6.61 Å². The molecule has 1 heterocycles. The quantitative estimate of drug-likeness (QED) is 0.591. The molecule has 0 saturated heterocycles. The van der Waals surface area contributed by atoms with E-state index in [2.05, 4.69) is 0 Å². The molecule has 3 aromatic rings. The van der Waals surface area contributed by atoms with E-state index >= 15 is 0 Å². The summed E-state index contributed by atoms with van der Waals surface area (Å²) < 4.78 is 6.83. The summed E-state index contributed by atoms with van der Waals surface area (Å²) in [6, 6.07) is 21.6. The zero-order valence-electron chi connectivity index (χ0n) is 15.8. The van der Waals surface area contributed by atoms with E-state index in [-0.39, 0.29) is 11.9 Å². The van der Waals surface area contributed by atoms with Crippen molar-refractivity contribution in [1.82, 2.24) is 4.57 Å². The van der Waals surface area contributed by atoms with Crippen LogP contribution in [0.1, 0.15) is 37.2 Å². The second-order valence-electron chi connectivity index (χ2n) is 6.39. The summed E-state index contributed by atoms with van der Waals surface area (Å²) >= 11 is 0. The van der Waals surface area contributed by atoms with E-state index in [1.807, 2.05) is 66.7 Å². The van der Waals surface area contributed by atoms with Gasteiger partial charge >= 0.3 is 5.97 Å². The Morgan fingerprint density at radius 3 is 2.04 bits per heavy atom. The van der Waals surface area contributed by atoms with Gasteiger partial charge in [0.05, 0.1) is 18.2 Å². The molecule has 2 aromatic carbocycles. The number of aromatic nitrogens is 1. The summed E-state index contributed by atoms with van der Waals surface area (Å²) in [5.41, 5.74) is 4.27. The smallest absolute Gasteiger partial charge is 0.314 e. The number of hydrogen-bond donors (Lipinski definition) is 0. The van der Waals surface area contributed by atoms with Crippen molar-refractivity contribution in [2.45, 2.75) is 26.7 Å². The highest BCUT2D eigenvalue weighted by Crippen LogP contribution is 2.37. The van der Waals surface area contributed by atoms with Crippen molar-refractivity contribution in [3.05, 3.63) is 72.4 Å². The summed E-state index contributed by atoms with van der Waals surface area (Å²) in [7, 11) is 0. The maximum atomic E-state index is 12.6. The molecule has 0 saturated carbocycles. The van der Waals surface area contributed by atoms with Gasteiger partial charge in [0.2, 0.25) is 5.91 Å². The minimum Gasteiger partial charge on any atom is -0.465 e. The number of benzene rings is 2. The van der Waals surface area contributed by atoms with Crippen LogP contribution in [0.25, 0.3) is 22.4 Å². The average Bonchev–Trinajstić information content (AvgIpc) is 3.10. The van der Waals surface area contributed by atoms with Gasteiger partial charge in [0.15, 0.2) is 0 Å². The number of hydrogen-bond acceptors (Lipinski definition) is 3. The lowest BCUT2D eigenvalue weighted by molar-refractivity contribution is -0.144. The van der Waals surface area contributed by atoms with Crippen LogP contribution >= 0.6 is 0 Å². The Labute approximate surface area is 159 Å². The molecule has 27 heavy (non-hydrogen) atoms. The van der Waals surface area contributed by atoms with Crippen molar-refractivity contribution >= 4 is 11.9 Å². The summed E-state index contributed by atoms with van der Waals surface area (Å²) in [5.74, 6) is -1.02. The van der Waals surface area contributed by atoms with Crippen LogP contribution < -0.4 is 0 Å². The third-order valence-corrected chi connectivity index (χ3v) is 4.56. The highest BCUT2D eigenvalue weighted by Gasteiger charge is 2.27. The van der Waals surface area contributed by atoms with E-state index in [0.717, 1.165) is 22.4 Å². The van der Waals surface area contributed by atoms with Crippen LogP contribution in [0.3, 0.4) is 0 Å². The van der Waals surface area contributed by atoms with Crippen molar-refractivity contribution < 1.29 is 14.3 Å². The standard InChI is InChI=1S/C23H23NO3/c1-4-27-23(26)16(2)21-15-20(18-11-7-5-8-12-18)22(24(21)17(3)25)19-13-9-6-10-14-19/h5-16H,4H2,1-3H3. The third-order valence-electron chi connectivity index (χ3n) is 4.56. The molecule has 0 aliphatic rings.